The molecule has 98 valence electrons. The van der Waals surface area contributed by atoms with Crippen LogP contribution in [0.4, 0.5) is 0 Å². The Morgan fingerprint density at radius 1 is 1.39 bits per heavy atom. The molecule has 1 aromatic carbocycles. The molecule has 1 atom stereocenters. The highest BCUT2D eigenvalue weighted by Crippen LogP contribution is 2.12. The largest absolute Gasteiger partial charge is 0.383 e. The van der Waals surface area contributed by atoms with Crippen LogP contribution in [0.15, 0.2) is 30.6 Å². The van der Waals surface area contributed by atoms with Gasteiger partial charge >= 0.3 is 0 Å². The summed E-state index contributed by atoms with van der Waals surface area (Å²) in [5.41, 5.74) is 2.22. The molecule has 4 heteroatoms. The topological polar surface area (TPSA) is 39.1 Å². The predicted octanol–water partition coefficient (Wildman–Crippen LogP) is 2.05. The van der Waals surface area contributed by atoms with E-state index in [2.05, 4.69) is 27.9 Å². The summed E-state index contributed by atoms with van der Waals surface area (Å²) in [4.78, 5) is 4.41. The normalized spacial score (nSPS) is 13.0. The fourth-order valence-corrected chi connectivity index (χ4v) is 2.12. The van der Waals surface area contributed by atoms with Gasteiger partial charge in [-0.25, -0.2) is 4.98 Å². The van der Waals surface area contributed by atoms with Crippen LogP contribution in [0.5, 0.6) is 0 Å². The maximum Gasteiger partial charge on any atom is 0.0958 e. The van der Waals surface area contributed by atoms with E-state index in [-0.39, 0.29) is 0 Å². The third-order valence-electron chi connectivity index (χ3n) is 3.00. The first-order valence-corrected chi connectivity index (χ1v) is 6.47. The number of hydrogen-bond acceptors (Lipinski definition) is 3. The second kappa shape index (κ2) is 6.52. The van der Waals surface area contributed by atoms with Gasteiger partial charge in [-0.1, -0.05) is 19.1 Å². The quantitative estimate of drug-likeness (QED) is 0.814. The average molecular weight is 247 g/mol. The summed E-state index contributed by atoms with van der Waals surface area (Å²) in [6, 6.07) is 8.53. The highest BCUT2D eigenvalue weighted by Gasteiger charge is 2.10. The molecule has 0 aliphatic carbocycles. The summed E-state index contributed by atoms with van der Waals surface area (Å²) in [5.74, 6) is 0. The van der Waals surface area contributed by atoms with Gasteiger partial charge in [0, 0.05) is 19.7 Å². The van der Waals surface area contributed by atoms with Crippen LogP contribution in [-0.2, 0) is 11.3 Å². The van der Waals surface area contributed by atoms with Crippen LogP contribution in [0, 0.1) is 0 Å². The van der Waals surface area contributed by atoms with E-state index in [0.29, 0.717) is 12.6 Å². The second-order valence-electron chi connectivity index (χ2n) is 4.49. The van der Waals surface area contributed by atoms with Crippen LogP contribution in [0.2, 0.25) is 0 Å². The molecule has 0 fully saturated rings. The van der Waals surface area contributed by atoms with Gasteiger partial charge in [0.15, 0.2) is 0 Å². The van der Waals surface area contributed by atoms with Crippen molar-refractivity contribution in [3.05, 3.63) is 30.6 Å². The van der Waals surface area contributed by atoms with Crippen LogP contribution < -0.4 is 5.32 Å². The number of ether oxygens (including phenoxy) is 1. The van der Waals surface area contributed by atoms with E-state index in [1.54, 1.807) is 7.11 Å². The first-order valence-electron chi connectivity index (χ1n) is 6.47. The van der Waals surface area contributed by atoms with Crippen LogP contribution in [0.1, 0.15) is 13.3 Å². The number of rotatable bonds is 7. The lowest BCUT2D eigenvalue weighted by Gasteiger charge is -2.18. The SMILES string of the molecule is CCCNC(COC)Cn1cnc2ccccc21. The minimum atomic E-state index is 0.326. The van der Waals surface area contributed by atoms with Crippen molar-refractivity contribution in [1.29, 1.82) is 0 Å². The van der Waals surface area contributed by atoms with Crippen molar-refractivity contribution in [2.45, 2.75) is 25.9 Å². The smallest absolute Gasteiger partial charge is 0.0958 e. The van der Waals surface area contributed by atoms with Crippen LogP contribution >= 0.6 is 0 Å². The number of aromatic nitrogens is 2. The molecule has 0 bridgehead atoms. The molecule has 0 amide bonds. The molecule has 2 aromatic rings. The van der Waals surface area contributed by atoms with E-state index in [1.165, 1.54) is 5.52 Å². The third kappa shape index (κ3) is 3.09. The number of methoxy groups -OCH3 is 1. The number of imidazole rings is 1. The van der Waals surface area contributed by atoms with E-state index in [9.17, 15) is 0 Å². The Morgan fingerprint density at radius 2 is 2.22 bits per heavy atom. The number of fused-ring (bicyclic) bond motifs is 1. The van der Waals surface area contributed by atoms with E-state index < -0.39 is 0 Å². The zero-order valence-electron chi connectivity index (χ0n) is 11.1. The standard InChI is InChI=1S/C14H21N3O/c1-3-8-15-12(10-18-2)9-17-11-16-13-6-4-5-7-14(13)17/h4-7,11-12,15H,3,8-10H2,1-2H3. The van der Waals surface area contributed by atoms with E-state index in [1.807, 2.05) is 24.5 Å². The van der Waals surface area contributed by atoms with Crippen LogP contribution in [0.25, 0.3) is 11.0 Å². The first-order chi connectivity index (χ1) is 8.85. The lowest BCUT2D eigenvalue weighted by molar-refractivity contribution is 0.159. The summed E-state index contributed by atoms with van der Waals surface area (Å²) in [6.07, 6.45) is 3.03. The average Bonchev–Trinajstić information content (AvgIpc) is 2.80. The van der Waals surface area contributed by atoms with Gasteiger partial charge in [0.1, 0.15) is 0 Å². The summed E-state index contributed by atoms with van der Waals surface area (Å²) in [5, 5.41) is 3.50. The molecule has 2 rings (SSSR count). The molecule has 0 aliphatic heterocycles. The Balaban J connectivity index is 2.10. The maximum atomic E-state index is 5.27. The monoisotopic (exact) mass is 247 g/mol. The molecule has 18 heavy (non-hydrogen) atoms. The van der Waals surface area contributed by atoms with E-state index in [0.717, 1.165) is 25.0 Å². The Morgan fingerprint density at radius 3 is 3.00 bits per heavy atom. The predicted molar refractivity (Wildman–Crippen MR) is 73.7 cm³/mol. The molecule has 0 radical (unpaired) electrons. The molecule has 4 nitrogen and oxygen atoms in total. The first kappa shape index (κ1) is 13.1. The lowest BCUT2D eigenvalue weighted by atomic mass is 10.2. The Labute approximate surface area is 108 Å². The van der Waals surface area contributed by atoms with Gasteiger partial charge in [-0.3, -0.25) is 0 Å². The van der Waals surface area contributed by atoms with Crippen molar-refractivity contribution in [1.82, 2.24) is 14.9 Å². The van der Waals surface area contributed by atoms with Gasteiger partial charge in [-0.05, 0) is 25.1 Å². The summed E-state index contributed by atoms with van der Waals surface area (Å²) in [7, 11) is 1.74. The van der Waals surface area contributed by atoms with Crippen molar-refractivity contribution in [3.8, 4) is 0 Å². The minimum Gasteiger partial charge on any atom is -0.383 e. The van der Waals surface area contributed by atoms with Gasteiger partial charge in [-0.15, -0.1) is 0 Å². The second-order valence-corrected chi connectivity index (χ2v) is 4.49. The molecule has 0 saturated heterocycles. The highest BCUT2D eigenvalue weighted by atomic mass is 16.5. The molecule has 1 aromatic heterocycles. The number of benzene rings is 1. The lowest BCUT2D eigenvalue weighted by Crippen LogP contribution is -2.37. The van der Waals surface area contributed by atoms with Crippen molar-refractivity contribution in [2.24, 2.45) is 0 Å². The van der Waals surface area contributed by atoms with Crippen molar-refractivity contribution in [3.63, 3.8) is 0 Å². The van der Waals surface area contributed by atoms with Crippen molar-refractivity contribution in [2.75, 3.05) is 20.3 Å². The van der Waals surface area contributed by atoms with Gasteiger partial charge in [-0.2, -0.15) is 0 Å². The molecular weight excluding hydrogens is 226 g/mol. The van der Waals surface area contributed by atoms with Crippen LogP contribution in [0.3, 0.4) is 0 Å². The molecule has 0 saturated carbocycles. The van der Waals surface area contributed by atoms with Crippen LogP contribution in [-0.4, -0.2) is 35.9 Å². The zero-order valence-corrected chi connectivity index (χ0v) is 11.1. The summed E-state index contributed by atoms with van der Waals surface area (Å²) in [6.45, 7) is 4.78. The molecule has 1 heterocycles. The van der Waals surface area contributed by atoms with Gasteiger partial charge in [0.25, 0.3) is 0 Å². The number of nitrogens with zero attached hydrogens (tertiary/aromatic N) is 2. The Kier molecular flexibility index (Phi) is 4.73. The van der Waals surface area contributed by atoms with E-state index >= 15 is 0 Å². The van der Waals surface area contributed by atoms with Crippen molar-refractivity contribution >= 4 is 11.0 Å². The zero-order chi connectivity index (χ0) is 12.8. The fourth-order valence-electron chi connectivity index (χ4n) is 2.12. The number of hydrogen-bond donors (Lipinski definition) is 1. The molecule has 0 aliphatic rings. The molecular formula is C14H21N3O. The van der Waals surface area contributed by atoms with Crippen molar-refractivity contribution < 1.29 is 4.74 Å². The van der Waals surface area contributed by atoms with Gasteiger partial charge in [0.2, 0.25) is 0 Å². The molecule has 1 N–H and O–H groups in total. The highest BCUT2D eigenvalue weighted by molar-refractivity contribution is 5.74. The number of nitrogens with one attached hydrogen (secondary N) is 1. The Bertz CT molecular complexity index is 481. The molecule has 0 spiro atoms. The number of para-hydroxylation sites is 2. The van der Waals surface area contributed by atoms with Gasteiger partial charge in [0.05, 0.1) is 24.0 Å². The fraction of sp³-hybridized carbons (Fsp3) is 0.500. The minimum absolute atomic E-state index is 0.326. The van der Waals surface area contributed by atoms with Gasteiger partial charge < -0.3 is 14.6 Å². The van der Waals surface area contributed by atoms with E-state index in [4.69, 9.17) is 4.74 Å². The molecule has 1 unspecified atom stereocenters. The third-order valence-corrected chi connectivity index (χ3v) is 3.00. The Hall–Kier alpha value is -1.39. The maximum absolute atomic E-state index is 5.27. The summed E-state index contributed by atoms with van der Waals surface area (Å²) < 4.78 is 7.45. The summed E-state index contributed by atoms with van der Waals surface area (Å²) >= 11 is 0.